The number of hydrogen-bond acceptors (Lipinski definition) is 5. The summed E-state index contributed by atoms with van der Waals surface area (Å²) in [5.41, 5.74) is 0.0470. The predicted molar refractivity (Wildman–Crippen MR) is 60.9 cm³/mol. The van der Waals surface area contributed by atoms with Crippen molar-refractivity contribution < 1.29 is 34.7 Å². The fourth-order valence-electron chi connectivity index (χ4n) is 1.15. The van der Waals surface area contributed by atoms with Crippen molar-refractivity contribution in [1.82, 2.24) is 5.32 Å². The Hall–Kier alpha value is -1.81. The van der Waals surface area contributed by atoms with Gasteiger partial charge >= 0.3 is 22.5 Å². The molecule has 10 heteroatoms. The number of carbonyl (C=O) groups is 1. The fraction of sp³-hybridized carbons (Fsp3) is 0.300. The SMILES string of the molecule is COS(=O)(=O)Oc1ccccc1CNC(=O)C(F)(F)F. The number of hydrogen-bond donors (Lipinski definition) is 1. The van der Waals surface area contributed by atoms with Gasteiger partial charge in [0.05, 0.1) is 7.11 Å². The van der Waals surface area contributed by atoms with Crippen LogP contribution in [-0.2, 0) is 25.9 Å². The zero-order chi connectivity index (χ0) is 15.4. The number of para-hydroxylation sites is 1. The Kier molecular flexibility index (Phi) is 4.95. The summed E-state index contributed by atoms with van der Waals surface area (Å²) in [6, 6.07) is 5.37. The van der Waals surface area contributed by atoms with Crippen LogP contribution in [0.2, 0.25) is 0 Å². The lowest BCUT2D eigenvalue weighted by Crippen LogP contribution is -2.36. The minimum Gasteiger partial charge on any atom is -0.361 e. The van der Waals surface area contributed by atoms with E-state index >= 15 is 0 Å². The zero-order valence-electron chi connectivity index (χ0n) is 10.1. The number of halogens is 3. The van der Waals surface area contributed by atoms with Crippen molar-refractivity contribution in [2.45, 2.75) is 12.7 Å². The van der Waals surface area contributed by atoms with E-state index in [9.17, 15) is 26.4 Å². The van der Waals surface area contributed by atoms with Crippen molar-refractivity contribution in [3.8, 4) is 5.75 Å². The molecule has 0 saturated heterocycles. The highest BCUT2D eigenvalue weighted by Gasteiger charge is 2.38. The highest BCUT2D eigenvalue weighted by molar-refractivity contribution is 7.82. The molecule has 0 aromatic heterocycles. The van der Waals surface area contributed by atoms with Gasteiger partial charge in [-0.1, -0.05) is 18.2 Å². The second-order valence-corrected chi connectivity index (χ2v) is 4.76. The summed E-state index contributed by atoms with van der Waals surface area (Å²) in [7, 11) is -3.43. The van der Waals surface area contributed by atoms with Gasteiger partial charge in [-0.15, -0.1) is 0 Å². The molecular formula is C10H10F3NO5S. The van der Waals surface area contributed by atoms with Gasteiger partial charge in [-0.3, -0.25) is 4.79 Å². The van der Waals surface area contributed by atoms with Gasteiger partial charge in [0.1, 0.15) is 5.75 Å². The summed E-state index contributed by atoms with van der Waals surface area (Å²) in [4.78, 5) is 10.7. The average Bonchev–Trinajstić information content (AvgIpc) is 2.36. The number of carbonyl (C=O) groups excluding carboxylic acids is 1. The second-order valence-electron chi connectivity index (χ2n) is 3.45. The number of nitrogens with one attached hydrogen (secondary N) is 1. The number of alkyl halides is 3. The molecule has 1 aromatic rings. The van der Waals surface area contributed by atoms with Gasteiger partial charge in [0.25, 0.3) is 0 Å². The molecule has 0 aliphatic heterocycles. The molecule has 1 N–H and O–H groups in total. The Morgan fingerprint density at radius 3 is 2.45 bits per heavy atom. The summed E-state index contributed by atoms with van der Waals surface area (Å²) in [5.74, 6) is -2.38. The van der Waals surface area contributed by atoms with Crippen LogP contribution in [-0.4, -0.2) is 27.6 Å². The molecule has 0 radical (unpaired) electrons. The van der Waals surface area contributed by atoms with E-state index in [0.29, 0.717) is 0 Å². The first-order chi connectivity index (χ1) is 9.15. The standard InChI is InChI=1S/C10H10F3NO5S/c1-18-20(16,17)19-8-5-3-2-4-7(8)6-14-9(15)10(11,12)13/h2-5H,6H2,1H3,(H,14,15). The molecule has 1 rings (SSSR count). The topological polar surface area (TPSA) is 81.7 Å². The van der Waals surface area contributed by atoms with Gasteiger partial charge in [-0.25, -0.2) is 4.18 Å². The Labute approximate surface area is 112 Å². The van der Waals surface area contributed by atoms with Gasteiger partial charge < -0.3 is 9.50 Å². The van der Waals surface area contributed by atoms with Gasteiger partial charge in [0.2, 0.25) is 0 Å². The van der Waals surface area contributed by atoms with E-state index in [0.717, 1.165) is 7.11 Å². The van der Waals surface area contributed by atoms with Crippen LogP contribution in [0.3, 0.4) is 0 Å². The summed E-state index contributed by atoms with van der Waals surface area (Å²) in [6.07, 6.45) is -5.02. The highest BCUT2D eigenvalue weighted by atomic mass is 32.3. The van der Waals surface area contributed by atoms with Crippen LogP contribution in [0.25, 0.3) is 0 Å². The van der Waals surface area contributed by atoms with E-state index in [1.165, 1.54) is 24.3 Å². The van der Waals surface area contributed by atoms with E-state index in [-0.39, 0.29) is 11.3 Å². The molecule has 112 valence electrons. The molecule has 6 nitrogen and oxygen atoms in total. The number of benzene rings is 1. The minimum absolute atomic E-state index is 0.0470. The molecule has 0 atom stereocenters. The summed E-state index contributed by atoms with van der Waals surface area (Å²) in [6.45, 7) is -0.548. The third-order valence-corrected chi connectivity index (χ3v) is 2.86. The molecule has 1 amide bonds. The number of rotatable bonds is 5. The Balaban J connectivity index is 2.84. The largest absolute Gasteiger partial charge is 0.471 e. The molecule has 0 fully saturated rings. The molecule has 1 aromatic carbocycles. The van der Waals surface area contributed by atoms with E-state index in [2.05, 4.69) is 8.37 Å². The van der Waals surface area contributed by atoms with Crippen LogP contribution in [0.15, 0.2) is 24.3 Å². The Morgan fingerprint density at radius 1 is 1.30 bits per heavy atom. The average molecular weight is 313 g/mol. The molecule has 0 unspecified atom stereocenters. The molecule has 0 aliphatic carbocycles. The first kappa shape index (κ1) is 16.2. The van der Waals surface area contributed by atoms with Gasteiger partial charge in [0, 0.05) is 12.1 Å². The van der Waals surface area contributed by atoms with Crippen molar-refractivity contribution in [2.24, 2.45) is 0 Å². The highest BCUT2D eigenvalue weighted by Crippen LogP contribution is 2.21. The monoisotopic (exact) mass is 313 g/mol. The second kappa shape index (κ2) is 6.09. The molecule has 0 spiro atoms. The quantitative estimate of drug-likeness (QED) is 0.881. The molecule has 0 heterocycles. The van der Waals surface area contributed by atoms with E-state index in [1.807, 2.05) is 0 Å². The van der Waals surface area contributed by atoms with Crippen molar-refractivity contribution >= 4 is 16.3 Å². The van der Waals surface area contributed by atoms with Crippen molar-refractivity contribution in [3.05, 3.63) is 29.8 Å². The van der Waals surface area contributed by atoms with Crippen LogP contribution in [0.5, 0.6) is 5.75 Å². The van der Waals surface area contributed by atoms with E-state index in [4.69, 9.17) is 0 Å². The molecule has 0 aliphatic rings. The Bertz CT molecular complexity index is 585. The molecule has 0 bridgehead atoms. The van der Waals surface area contributed by atoms with Crippen molar-refractivity contribution in [3.63, 3.8) is 0 Å². The van der Waals surface area contributed by atoms with Crippen LogP contribution in [0.1, 0.15) is 5.56 Å². The van der Waals surface area contributed by atoms with Gasteiger partial charge in [-0.2, -0.15) is 21.6 Å². The first-order valence-electron chi connectivity index (χ1n) is 5.08. The normalized spacial score (nSPS) is 12.0. The Morgan fingerprint density at radius 2 is 1.90 bits per heavy atom. The lowest BCUT2D eigenvalue weighted by atomic mass is 10.2. The maximum absolute atomic E-state index is 12.0. The zero-order valence-corrected chi connectivity index (χ0v) is 10.9. The van der Waals surface area contributed by atoms with Crippen molar-refractivity contribution in [2.75, 3.05) is 7.11 Å². The van der Waals surface area contributed by atoms with Crippen molar-refractivity contribution in [1.29, 1.82) is 0 Å². The van der Waals surface area contributed by atoms with Crippen LogP contribution >= 0.6 is 0 Å². The first-order valence-corrected chi connectivity index (χ1v) is 6.42. The summed E-state index contributed by atoms with van der Waals surface area (Å²) in [5, 5.41) is 1.60. The van der Waals surface area contributed by atoms with E-state index < -0.39 is 29.0 Å². The fourth-order valence-corrected chi connectivity index (χ4v) is 1.60. The molecular weight excluding hydrogens is 303 g/mol. The maximum Gasteiger partial charge on any atom is 0.471 e. The van der Waals surface area contributed by atoms with Crippen LogP contribution < -0.4 is 9.50 Å². The predicted octanol–water partition coefficient (Wildman–Crippen LogP) is 1.14. The molecule has 0 saturated carbocycles. The van der Waals surface area contributed by atoms with Crippen LogP contribution in [0.4, 0.5) is 13.2 Å². The smallest absolute Gasteiger partial charge is 0.361 e. The number of amides is 1. The lowest BCUT2D eigenvalue weighted by molar-refractivity contribution is -0.173. The summed E-state index contributed by atoms with van der Waals surface area (Å²) < 4.78 is 66.8. The maximum atomic E-state index is 12.0. The lowest BCUT2D eigenvalue weighted by Gasteiger charge is -2.11. The summed E-state index contributed by atoms with van der Waals surface area (Å²) >= 11 is 0. The van der Waals surface area contributed by atoms with Gasteiger partial charge in [0.15, 0.2) is 0 Å². The minimum atomic E-state index is -5.02. The van der Waals surface area contributed by atoms with Crippen LogP contribution in [0, 0.1) is 0 Å². The third-order valence-electron chi connectivity index (χ3n) is 2.07. The van der Waals surface area contributed by atoms with Gasteiger partial charge in [-0.05, 0) is 6.07 Å². The van der Waals surface area contributed by atoms with E-state index in [1.54, 1.807) is 5.32 Å². The third kappa shape index (κ3) is 4.70. The molecule has 20 heavy (non-hydrogen) atoms.